The highest BCUT2D eigenvalue weighted by Crippen LogP contribution is 2.32. The van der Waals surface area contributed by atoms with E-state index in [1.54, 1.807) is 0 Å². The molecule has 0 unspecified atom stereocenters. The Balaban J connectivity index is 2.30. The van der Waals surface area contributed by atoms with E-state index in [0.717, 1.165) is 30.3 Å². The number of benzene rings is 2. The van der Waals surface area contributed by atoms with Gasteiger partial charge in [0.15, 0.2) is 0 Å². The third-order valence-corrected chi connectivity index (χ3v) is 3.81. The predicted molar refractivity (Wildman–Crippen MR) is 92.7 cm³/mol. The minimum absolute atomic E-state index is 0.800. The third-order valence-electron chi connectivity index (χ3n) is 3.51. The van der Waals surface area contributed by atoms with Gasteiger partial charge >= 0.3 is 0 Å². The minimum atomic E-state index is 0.800. The van der Waals surface area contributed by atoms with Crippen molar-refractivity contribution in [2.45, 2.75) is 27.3 Å². The van der Waals surface area contributed by atoms with Crippen molar-refractivity contribution >= 4 is 23.0 Å². The van der Waals surface area contributed by atoms with Gasteiger partial charge in [0.25, 0.3) is 0 Å². The Morgan fingerprint density at radius 1 is 1.10 bits per heavy atom. The first-order valence-corrected chi connectivity index (χ1v) is 7.86. The molecule has 21 heavy (non-hydrogen) atoms. The summed E-state index contributed by atoms with van der Waals surface area (Å²) in [7, 11) is 0. The summed E-state index contributed by atoms with van der Waals surface area (Å²) in [5.41, 5.74) is 4.71. The zero-order valence-electron chi connectivity index (χ0n) is 13.0. The van der Waals surface area contributed by atoms with Crippen molar-refractivity contribution in [3.05, 3.63) is 58.6 Å². The monoisotopic (exact) mass is 302 g/mol. The van der Waals surface area contributed by atoms with Crippen LogP contribution in [0, 0.1) is 6.92 Å². The summed E-state index contributed by atoms with van der Waals surface area (Å²) in [6.07, 6.45) is 0. The molecular weight excluding hydrogens is 280 g/mol. The molecule has 0 fully saturated rings. The molecule has 0 spiro atoms. The number of nitrogens with one attached hydrogen (secondary N) is 1. The van der Waals surface area contributed by atoms with Crippen LogP contribution >= 0.6 is 11.6 Å². The molecule has 0 aliphatic heterocycles. The van der Waals surface area contributed by atoms with Crippen LogP contribution in [0.5, 0.6) is 0 Å². The molecule has 112 valence electrons. The highest BCUT2D eigenvalue weighted by atomic mass is 35.5. The van der Waals surface area contributed by atoms with Gasteiger partial charge in [-0.1, -0.05) is 36.7 Å². The Hall–Kier alpha value is -1.51. The summed E-state index contributed by atoms with van der Waals surface area (Å²) in [6, 6.07) is 14.8. The smallest absolute Gasteiger partial charge is 0.0646 e. The van der Waals surface area contributed by atoms with Crippen LogP contribution in [0.25, 0.3) is 0 Å². The molecule has 3 heteroatoms. The molecule has 0 heterocycles. The van der Waals surface area contributed by atoms with Crippen LogP contribution < -0.4 is 10.2 Å². The number of anilines is 2. The maximum absolute atomic E-state index is 6.50. The second-order valence-electron chi connectivity index (χ2n) is 5.15. The highest BCUT2D eigenvalue weighted by molar-refractivity contribution is 6.33. The predicted octanol–water partition coefficient (Wildman–Crippen LogP) is 4.92. The summed E-state index contributed by atoms with van der Waals surface area (Å²) < 4.78 is 0. The van der Waals surface area contributed by atoms with Crippen molar-refractivity contribution in [3.8, 4) is 0 Å². The topological polar surface area (TPSA) is 15.3 Å². The molecular formula is C18H23ClN2. The van der Waals surface area contributed by atoms with Crippen LogP contribution in [0.15, 0.2) is 42.5 Å². The molecule has 0 radical (unpaired) electrons. The van der Waals surface area contributed by atoms with Crippen molar-refractivity contribution in [2.24, 2.45) is 0 Å². The average molecular weight is 303 g/mol. The molecule has 0 saturated carbocycles. The fraction of sp³-hybridized carbons (Fsp3) is 0.333. The number of halogens is 1. The van der Waals surface area contributed by atoms with Crippen molar-refractivity contribution in [1.29, 1.82) is 0 Å². The van der Waals surface area contributed by atoms with Gasteiger partial charge in [-0.25, -0.2) is 0 Å². The van der Waals surface area contributed by atoms with E-state index in [0.29, 0.717) is 0 Å². The number of hydrogen-bond donors (Lipinski definition) is 1. The second kappa shape index (κ2) is 7.48. The van der Waals surface area contributed by atoms with E-state index in [9.17, 15) is 0 Å². The highest BCUT2D eigenvalue weighted by Gasteiger charge is 2.11. The zero-order valence-corrected chi connectivity index (χ0v) is 13.7. The molecule has 1 N–H and O–H groups in total. The van der Waals surface area contributed by atoms with Gasteiger partial charge in [0.1, 0.15) is 0 Å². The Kier molecular flexibility index (Phi) is 5.66. The maximum Gasteiger partial charge on any atom is 0.0646 e. The molecule has 0 bridgehead atoms. The van der Waals surface area contributed by atoms with Crippen LogP contribution in [0.4, 0.5) is 11.4 Å². The van der Waals surface area contributed by atoms with Gasteiger partial charge in [-0.2, -0.15) is 0 Å². The summed E-state index contributed by atoms with van der Waals surface area (Å²) in [4.78, 5) is 2.24. The number of nitrogens with zero attached hydrogens (tertiary/aromatic N) is 1. The first-order chi connectivity index (χ1) is 10.2. The molecule has 0 amide bonds. The van der Waals surface area contributed by atoms with Crippen molar-refractivity contribution in [2.75, 3.05) is 18.0 Å². The Morgan fingerprint density at radius 3 is 2.52 bits per heavy atom. The van der Waals surface area contributed by atoms with E-state index in [1.807, 2.05) is 0 Å². The quantitative estimate of drug-likeness (QED) is 0.815. The van der Waals surface area contributed by atoms with E-state index in [2.05, 4.69) is 73.5 Å². The lowest BCUT2D eigenvalue weighted by Gasteiger charge is -2.25. The van der Waals surface area contributed by atoms with Crippen LogP contribution in [-0.4, -0.2) is 13.1 Å². The molecule has 2 nitrogen and oxygen atoms in total. The molecule has 0 aromatic heterocycles. The van der Waals surface area contributed by atoms with Gasteiger partial charge in [0.05, 0.1) is 10.7 Å². The van der Waals surface area contributed by atoms with Gasteiger partial charge in [0, 0.05) is 18.8 Å². The zero-order chi connectivity index (χ0) is 15.2. The van der Waals surface area contributed by atoms with Gasteiger partial charge in [-0.3, -0.25) is 0 Å². The fourth-order valence-electron chi connectivity index (χ4n) is 2.44. The van der Waals surface area contributed by atoms with E-state index in [-0.39, 0.29) is 0 Å². The normalized spacial score (nSPS) is 10.7. The maximum atomic E-state index is 6.50. The van der Waals surface area contributed by atoms with E-state index < -0.39 is 0 Å². The Morgan fingerprint density at radius 2 is 1.90 bits per heavy atom. The third kappa shape index (κ3) is 3.99. The molecule has 0 aliphatic rings. The SMILES string of the molecule is CCNCc1ccc(N(CC)c2cccc(C)c2)c(Cl)c1. The van der Waals surface area contributed by atoms with Gasteiger partial charge in [-0.15, -0.1) is 0 Å². The first-order valence-electron chi connectivity index (χ1n) is 7.49. The molecule has 2 aromatic rings. The lowest BCUT2D eigenvalue weighted by molar-refractivity contribution is 0.727. The van der Waals surface area contributed by atoms with E-state index in [4.69, 9.17) is 11.6 Å². The fourth-order valence-corrected chi connectivity index (χ4v) is 2.74. The van der Waals surface area contributed by atoms with Gasteiger partial charge < -0.3 is 10.2 Å². The summed E-state index contributed by atoms with van der Waals surface area (Å²) in [6.45, 7) is 9.06. The molecule has 0 saturated heterocycles. The minimum Gasteiger partial charge on any atom is -0.341 e. The Bertz CT molecular complexity index is 596. The van der Waals surface area contributed by atoms with Crippen molar-refractivity contribution in [3.63, 3.8) is 0 Å². The van der Waals surface area contributed by atoms with Gasteiger partial charge in [0.2, 0.25) is 0 Å². The number of rotatable bonds is 6. The summed E-state index contributed by atoms with van der Waals surface area (Å²) in [5.74, 6) is 0. The Labute approximate surface area is 132 Å². The molecule has 2 rings (SSSR count). The lowest BCUT2D eigenvalue weighted by Crippen LogP contribution is -2.17. The van der Waals surface area contributed by atoms with E-state index in [1.165, 1.54) is 16.8 Å². The number of aryl methyl sites for hydroxylation is 1. The number of hydrogen-bond acceptors (Lipinski definition) is 2. The van der Waals surface area contributed by atoms with Crippen molar-refractivity contribution < 1.29 is 0 Å². The molecule has 2 aromatic carbocycles. The van der Waals surface area contributed by atoms with Crippen molar-refractivity contribution in [1.82, 2.24) is 5.32 Å². The average Bonchev–Trinajstić information content (AvgIpc) is 2.48. The van der Waals surface area contributed by atoms with Crippen LogP contribution in [0.3, 0.4) is 0 Å². The lowest BCUT2D eigenvalue weighted by atomic mass is 10.1. The molecule has 0 atom stereocenters. The molecule has 0 aliphatic carbocycles. The van der Waals surface area contributed by atoms with Gasteiger partial charge in [-0.05, 0) is 55.8 Å². The van der Waals surface area contributed by atoms with Crippen LogP contribution in [-0.2, 0) is 6.54 Å². The van der Waals surface area contributed by atoms with Crippen LogP contribution in [0.1, 0.15) is 25.0 Å². The van der Waals surface area contributed by atoms with Crippen LogP contribution in [0.2, 0.25) is 5.02 Å². The largest absolute Gasteiger partial charge is 0.341 e. The summed E-state index contributed by atoms with van der Waals surface area (Å²) in [5, 5.41) is 4.12. The van der Waals surface area contributed by atoms with E-state index >= 15 is 0 Å². The first kappa shape index (κ1) is 15.9. The standard InChI is InChI=1S/C18H23ClN2/c1-4-20-13-15-9-10-18(17(19)12-15)21(5-2)16-8-6-7-14(3)11-16/h6-12,20H,4-5,13H2,1-3H3. The summed E-state index contributed by atoms with van der Waals surface area (Å²) >= 11 is 6.50. The second-order valence-corrected chi connectivity index (χ2v) is 5.56.